The summed E-state index contributed by atoms with van der Waals surface area (Å²) in [5.74, 6) is 1.25. The van der Waals surface area contributed by atoms with Gasteiger partial charge in [-0.25, -0.2) is 0 Å². The average Bonchev–Trinajstić information content (AvgIpc) is 2.93. The molecule has 1 aliphatic rings. The molecule has 2 aromatic carbocycles. The standard InChI is InChI=1S/C16H16N2O3/c17-16(19)8-11-1-4-13(5-2-11)18-9-12-3-6-14-15(7-12)21-10-20-14/h1-7,18H,8-10H2,(H2,17,19). The number of fused-ring (bicyclic) bond motifs is 1. The molecule has 0 radical (unpaired) electrons. The third-order valence-corrected chi connectivity index (χ3v) is 3.27. The summed E-state index contributed by atoms with van der Waals surface area (Å²) in [6, 6.07) is 13.5. The largest absolute Gasteiger partial charge is 0.454 e. The maximum Gasteiger partial charge on any atom is 0.231 e. The first-order valence-corrected chi connectivity index (χ1v) is 6.70. The number of carbonyl (C=O) groups is 1. The van der Waals surface area contributed by atoms with Crippen molar-refractivity contribution in [2.75, 3.05) is 12.1 Å². The molecule has 3 rings (SSSR count). The summed E-state index contributed by atoms with van der Waals surface area (Å²) >= 11 is 0. The number of benzene rings is 2. The van der Waals surface area contributed by atoms with E-state index in [-0.39, 0.29) is 19.1 Å². The number of carbonyl (C=O) groups excluding carboxylic acids is 1. The van der Waals surface area contributed by atoms with Gasteiger partial charge in [0.25, 0.3) is 0 Å². The Balaban J connectivity index is 1.61. The Bertz CT molecular complexity index is 653. The fourth-order valence-corrected chi connectivity index (χ4v) is 2.20. The van der Waals surface area contributed by atoms with Crippen molar-refractivity contribution in [1.82, 2.24) is 0 Å². The molecule has 0 aliphatic carbocycles. The van der Waals surface area contributed by atoms with E-state index in [2.05, 4.69) is 5.32 Å². The first-order chi connectivity index (χ1) is 10.2. The van der Waals surface area contributed by atoms with Crippen LogP contribution in [-0.4, -0.2) is 12.7 Å². The number of hydrogen-bond donors (Lipinski definition) is 2. The van der Waals surface area contributed by atoms with Gasteiger partial charge in [0.2, 0.25) is 12.7 Å². The van der Waals surface area contributed by atoms with Gasteiger partial charge in [-0.15, -0.1) is 0 Å². The van der Waals surface area contributed by atoms with Crippen molar-refractivity contribution in [1.29, 1.82) is 0 Å². The lowest BCUT2D eigenvalue weighted by Crippen LogP contribution is -2.13. The maximum absolute atomic E-state index is 10.8. The molecule has 5 heteroatoms. The topological polar surface area (TPSA) is 73.6 Å². The van der Waals surface area contributed by atoms with Crippen LogP contribution in [0.2, 0.25) is 0 Å². The molecule has 3 N–H and O–H groups in total. The highest BCUT2D eigenvalue weighted by Gasteiger charge is 2.12. The van der Waals surface area contributed by atoms with Gasteiger partial charge in [-0.3, -0.25) is 4.79 Å². The minimum atomic E-state index is -0.323. The summed E-state index contributed by atoms with van der Waals surface area (Å²) in [4.78, 5) is 10.8. The van der Waals surface area contributed by atoms with Crippen LogP contribution in [0.3, 0.4) is 0 Å². The van der Waals surface area contributed by atoms with Gasteiger partial charge in [-0.1, -0.05) is 18.2 Å². The first-order valence-electron chi connectivity index (χ1n) is 6.70. The van der Waals surface area contributed by atoms with E-state index in [1.165, 1.54) is 0 Å². The fraction of sp³-hybridized carbons (Fsp3) is 0.188. The smallest absolute Gasteiger partial charge is 0.231 e. The Hall–Kier alpha value is -2.69. The average molecular weight is 284 g/mol. The molecular formula is C16H16N2O3. The van der Waals surface area contributed by atoms with E-state index in [1.807, 2.05) is 42.5 Å². The van der Waals surface area contributed by atoms with Crippen molar-refractivity contribution in [3.05, 3.63) is 53.6 Å². The van der Waals surface area contributed by atoms with Crippen LogP contribution >= 0.6 is 0 Å². The number of hydrogen-bond acceptors (Lipinski definition) is 4. The van der Waals surface area contributed by atoms with Crippen LogP contribution in [-0.2, 0) is 17.8 Å². The van der Waals surface area contributed by atoms with Crippen LogP contribution in [0.5, 0.6) is 11.5 Å². The molecule has 21 heavy (non-hydrogen) atoms. The minimum Gasteiger partial charge on any atom is -0.454 e. The molecule has 0 fully saturated rings. The number of ether oxygens (including phenoxy) is 2. The van der Waals surface area contributed by atoms with Crippen LogP contribution in [0.15, 0.2) is 42.5 Å². The summed E-state index contributed by atoms with van der Waals surface area (Å²) in [5.41, 5.74) is 8.18. The van der Waals surface area contributed by atoms with Gasteiger partial charge in [0, 0.05) is 12.2 Å². The fourth-order valence-electron chi connectivity index (χ4n) is 2.20. The number of anilines is 1. The third kappa shape index (κ3) is 3.25. The molecule has 0 aromatic heterocycles. The van der Waals surface area contributed by atoms with E-state index >= 15 is 0 Å². The summed E-state index contributed by atoms with van der Waals surface area (Å²) in [7, 11) is 0. The van der Waals surface area contributed by atoms with Crippen molar-refractivity contribution in [3.63, 3.8) is 0 Å². The van der Waals surface area contributed by atoms with Crippen molar-refractivity contribution in [3.8, 4) is 11.5 Å². The van der Waals surface area contributed by atoms with Gasteiger partial charge in [0.05, 0.1) is 6.42 Å². The molecular weight excluding hydrogens is 268 g/mol. The zero-order chi connectivity index (χ0) is 14.7. The van der Waals surface area contributed by atoms with Crippen LogP contribution in [0, 0.1) is 0 Å². The van der Waals surface area contributed by atoms with E-state index in [1.54, 1.807) is 0 Å². The molecule has 0 saturated carbocycles. The van der Waals surface area contributed by atoms with Crippen molar-refractivity contribution < 1.29 is 14.3 Å². The summed E-state index contributed by atoms with van der Waals surface area (Å²) in [6.45, 7) is 0.972. The molecule has 1 heterocycles. The second-order valence-electron chi connectivity index (χ2n) is 4.88. The van der Waals surface area contributed by atoms with Gasteiger partial charge in [-0.2, -0.15) is 0 Å². The van der Waals surface area contributed by atoms with Crippen LogP contribution in [0.1, 0.15) is 11.1 Å². The molecule has 1 amide bonds. The SMILES string of the molecule is NC(=O)Cc1ccc(NCc2ccc3c(c2)OCO3)cc1. The monoisotopic (exact) mass is 284 g/mol. The molecule has 0 spiro atoms. The number of primary amides is 1. The van der Waals surface area contributed by atoms with E-state index < -0.39 is 0 Å². The zero-order valence-electron chi connectivity index (χ0n) is 11.5. The van der Waals surface area contributed by atoms with Crippen molar-refractivity contribution in [2.45, 2.75) is 13.0 Å². The van der Waals surface area contributed by atoms with Crippen LogP contribution in [0.4, 0.5) is 5.69 Å². The number of nitrogens with two attached hydrogens (primary N) is 1. The lowest BCUT2D eigenvalue weighted by molar-refractivity contribution is -0.117. The van der Waals surface area contributed by atoms with Crippen molar-refractivity contribution >= 4 is 11.6 Å². The van der Waals surface area contributed by atoms with Crippen LogP contribution in [0.25, 0.3) is 0 Å². The van der Waals surface area contributed by atoms with Gasteiger partial charge in [-0.05, 0) is 35.4 Å². The van der Waals surface area contributed by atoms with E-state index in [4.69, 9.17) is 15.2 Å². The molecule has 0 unspecified atom stereocenters. The van der Waals surface area contributed by atoms with Gasteiger partial charge in [0.15, 0.2) is 11.5 Å². The lowest BCUT2D eigenvalue weighted by atomic mass is 10.1. The van der Waals surface area contributed by atoms with Crippen molar-refractivity contribution in [2.24, 2.45) is 5.73 Å². The quantitative estimate of drug-likeness (QED) is 0.881. The Labute approximate surface area is 122 Å². The molecule has 2 aromatic rings. The molecule has 5 nitrogen and oxygen atoms in total. The predicted octanol–water partition coefficient (Wildman–Crippen LogP) is 2.06. The highest BCUT2D eigenvalue weighted by molar-refractivity contribution is 5.76. The number of nitrogens with one attached hydrogen (secondary N) is 1. The molecule has 108 valence electrons. The molecule has 1 aliphatic heterocycles. The van der Waals surface area contributed by atoms with Gasteiger partial charge in [0.1, 0.15) is 0 Å². The van der Waals surface area contributed by atoms with E-state index in [0.717, 1.165) is 28.3 Å². The van der Waals surface area contributed by atoms with E-state index in [9.17, 15) is 4.79 Å². The number of rotatable bonds is 5. The summed E-state index contributed by atoms with van der Waals surface area (Å²) < 4.78 is 10.6. The normalized spacial score (nSPS) is 12.2. The second-order valence-corrected chi connectivity index (χ2v) is 4.88. The van der Waals surface area contributed by atoms with E-state index in [0.29, 0.717) is 6.54 Å². The Morgan fingerprint density at radius 1 is 1.05 bits per heavy atom. The Morgan fingerprint density at radius 2 is 1.76 bits per heavy atom. The highest BCUT2D eigenvalue weighted by Crippen LogP contribution is 2.32. The Kier molecular flexibility index (Phi) is 3.64. The maximum atomic E-state index is 10.8. The summed E-state index contributed by atoms with van der Waals surface area (Å²) in [5, 5.41) is 3.32. The highest BCUT2D eigenvalue weighted by atomic mass is 16.7. The third-order valence-electron chi connectivity index (χ3n) is 3.27. The molecule has 0 atom stereocenters. The number of amides is 1. The predicted molar refractivity (Wildman–Crippen MR) is 79.2 cm³/mol. The first kappa shape index (κ1) is 13.3. The van der Waals surface area contributed by atoms with Gasteiger partial charge < -0.3 is 20.5 Å². The Morgan fingerprint density at radius 3 is 2.52 bits per heavy atom. The zero-order valence-corrected chi connectivity index (χ0v) is 11.5. The lowest BCUT2D eigenvalue weighted by Gasteiger charge is -2.08. The molecule has 0 bridgehead atoms. The van der Waals surface area contributed by atoms with Gasteiger partial charge >= 0.3 is 0 Å². The second kappa shape index (κ2) is 5.75. The minimum absolute atomic E-state index is 0.266. The van der Waals surface area contributed by atoms with Crippen LogP contribution < -0.4 is 20.5 Å². The molecule has 0 saturated heterocycles. The summed E-state index contributed by atoms with van der Waals surface area (Å²) in [6.07, 6.45) is 0.266.